The fourth-order valence-corrected chi connectivity index (χ4v) is 3.15. The Kier molecular flexibility index (Phi) is 3.33. The van der Waals surface area contributed by atoms with Crippen LogP contribution in [0.3, 0.4) is 0 Å². The monoisotopic (exact) mass is 257 g/mol. The largest absolute Gasteiger partial charge is 0.350 e. The van der Waals surface area contributed by atoms with E-state index in [9.17, 15) is 0 Å². The maximum Gasteiger partial charge on any atom is 0.0484 e. The Hall–Kier alpha value is -1.32. The SMILES string of the molecule is CCN1Cc2cc3c(CCCN)cn(C)c3cc2C1. The summed E-state index contributed by atoms with van der Waals surface area (Å²) in [6, 6.07) is 4.79. The number of aryl methyl sites for hydroxylation is 2. The van der Waals surface area contributed by atoms with Crippen LogP contribution >= 0.6 is 0 Å². The average Bonchev–Trinajstić information content (AvgIpc) is 2.95. The molecule has 3 heteroatoms. The molecule has 19 heavy (non-hydrogen) atoms. The lowest BCUT2D eigenvalue weighted by Gasteiger charge is -2.09. The predicted molar refractivity (Wildman–Crippen MR) is 80.1 cm³/mol. The maximum absolute atomic E-state index is 5.64. The van der Waals surface area contributed by atoms with Crippen LogP contribution in [-0.4, -0.2) is 22.6 Å². The average molecular weight is 257 g/mol. The van der Waals surface area contributed by atoms with Gasteiger partial charge in [-0.1, -0.05) is 6.92 Å². The van der Waals surface area contributed by atoms with Crippen molar-refractivity contribution < 1.29 is 0 Å². The topological polar surface area (TPSA) is 34.2 Å². The summed E-state index contributed by atoms with van der Waals surface area (Å²) in [6.45, 7) is 6.34. The van der Waals surface area contributed by atoms with Crippen molar-refractivity contribution in [3.05, 3.63) is 35.0 Å². The summed E-state index contributed by atoms with van der Waals surface area (Å²) < 4.78 is 2.26. The highest BCUT2D eigenvalue weighted by atomic mass is 15.1. The zero-order chi connectivity index (χ0) is 13.4. The van der Waals surface area contributed by atoms with E-state index in [0.717, 1.165) is 39.0 Å². The van der Waals surface area contributed by atoms with Crippen LogP contribution in [0.5, 0.6) is 0 Å². The van der Waals surface area contributed by atoms with Crippen molar-refractivity contribution in [2.24, 2.45) is 12.8 Å². The molecule has 3 nitrogen and oxygen atoms in total. The molecule has 2 heterocycles. The molecule has 1 aliphatic rings. The van der Waals surface area contributed by atoms with Gasteiger partial charge in [-0.2, -0.15) is 0 Å². The molecular formula is C16H23N3. The Labute approximate surface area is 115 Å². The molecule has 2 N–H and O–H groups in total. The van der Waals surface area contributed by atoms with Crippen LogP contribution in [0.25, 0.3) is 10.9 Å². The number of hydrogen-bond acceptors (Lipinski definition) is 2. The third-order valence-corrected chi connectivity index (χ3v) is 4.28. The standard InChI is InChI=1S/C16H23N3/c1-3-19-10-13-7-15-12(5-4-6-17)9-18(2)16(15)8-14(13)11-19/h7-9H,3-6,10-11,17H2,1-2H3. The van der Waals surface area contributed by atoms with Crippen LogP contribution < -0.4 is 5.73 Å². The Morgan fingerprint density at radius 1 is 1.21 bits per heavy atom. The second-order valence-corrected chi connectivity index (χ2v) is 5.60. The van der Waals surface area contributed by atoms with Gasteiger partial charge in [-0.25, -0.2) is 0 Å². The number of nitrogens with zero attached hydrogens (tertiary/aromatic N) is 2. The predicted octanol–water partition coefficient (Wildman–Crippen LogP) is 2.41. The number of fused-ring (bicyclic) bond motifs is 2. The molecule has 0 saturated heterocycles. The Balaban J connectivity index is 2.04. The Morgan fingerprint density at radius 3 is 2.63 bits per heavy atom. The van der Waals surface area contributed by atoms with Crippen LogP contribution in [0.2, 0.25) is 0 Å². The maximum atomic E-state index is 5.64. The fourth-order valence-electron chi connectivity index (χ4n) is 3.15. The molecule has 0 fully saturated rings. The lowest BCUT2D eigenvalue weighted by molar-refractivity contribution is 0.301. The van der Waals surface area contributed by atoms with Crippen molar-refractivity contribution in [3.8, 4) is 0 Å². The molecule has 102 valence electrons. The number of hydrogen-bond donors (Lipinski definition) is 1. The fraction of sp³-hybridized carbons (Fsp3) is 0.500. The minimum absolute atomic E-state index is 0.769. The van der Waals surface area contributed by atoms with E-state index in [-0.39, 0.29) is 0 Å². The normalized spacial score (nSPS) is 15.3. The first kappa shape index (κ1) is 12.7. The molecule has 1 aromatic heterocycles. The summed E-state index contributed by atoms with van der Waals surface area (Å²) in [6.07, 6.45) is 4.43. The van der Waals surface area contributed by atoms with E-state index in [1.54, 1.807) is 0 Å². The summed E-state index contributed by atoms with van der Waals surface area (Å²) in [7, 11) is 2.15. The summed E-state index contributed by atoms with van der Waals surface area (Å²) in [5.41, 5.74) is 11.5. The third kappa shape index (κ3) is 2.17. The molecule has 1 aliphatic heterocycles. The van der Waals surface area contributed by atoms with Gasteiger partial charge in [-0.3, -0.25) is 4.90 Å². The van der Waals surface area contributed by atoms with Gasteiger partial charge in [0.25, 0.3) is 0 Å². The molecule has 0 radical (unpaired) electrons. The molecule has 1 aromatic carbocycles. The molecular weight excluding hydrogens is 234 g/mol. The lowest BCUT2D eigenvalue weighted by Crippen LogP contribution is -2.14. The van der Waals surface area contributed by atoms with Crippen LogP contribution in [0, 0.1) is 0 Å². The smallest absolute Gasteiger partial charge is 0.0484 e. The van der Waals surface area contributed by atoms with Crippen molar-refractivity contribution in [2.45, 2.75) is 32.9 Å². The van der Waals surface area contributed by atoms with Gasteiger partial charge in [0, 0.05) is 37.2 Å². The third-order valence-electron chi connectivity index (χ3n) is 4.28. The summed E-state index contributed by atoms with van der Waals surface area (Å²) >= 11 is 0. The van der Waals surface area contributed by atoms with E-state index in [1.165, 1.54) is 27.6 Å². The first-order valence-corrected chi connectivity index (χ1v) is 7.25. The van der Waals surface area contributed by atoms with E-state index in [2.05, 4.69) is 41.8 Å². The van der Waals surface area contributed by atoms with Gasteiger partial charge in [0.05, 0.1) is 0 Å². The highest BCUT2D eigenvalue weighted by Crippen LogP contribution is 2.30. The molecule has 0 amide bonds. The molecule has 0 unspecified atom stereocenters. The number of nitrogens with two attached hydrogens (primary N) is 1. The number of aromatic nitrogens is 1. The van der Waals surface area contributed by atoms with Crippen molar-refractivity contribution in [3.63, 3.8) is 0 Å². The van der Waals surface area contributed by atoms with Gasteiger partial charge >= 0.3 is 0 Å². The van der Waals surface area contributed by atoms with Crippen molar-refractivity contribution in [1.82, 2.24) is 9.47 Å². The van der Waals surface area contributed by atoms with Gasteiger partial charge < -0.3 is 10.3 Å². The van der Waals surface area contributed by atoms with Crippen molar-refractivity contribution in [2.75, 3.05) is 13.1 Å². The summed E-state index contributed by atoms with van der Waals surface area (Å²) in [5, 5.41) is 1.42. The quantitative estimate of drug-likeness (QED) is 0.912. The zero-order valence-electron chi connectivity index (χ0n) is 11.9. The van der Waals surface area contributed by atoms with Gasteiger partial charge in [-0.05, 0) is 54.8 Å². The first-order valence-electron chi connectivity index (χ1n) is 7.25. The zero-order valence-corrected chi connectivity index (χ0v) is 11.9. The van der Waals surface area contributed by atoms with Crippen LogP contribution in [-0.2, 0) is 26.6 Å². The number of rotatable bonds is 4. The molecule has 3 rings (SSSR count). The molecule has 2 aromatic rings. The molecule has 0 saturated carbocycles. The van der Waals surface area contributed by atoms with Crippen LogP contribution in [0.15, 0.2) is 18.3 Å². The molecule has 0 aliphatic carbocycles. The lowest BCUT2D eigenvalue weighted by atomic mass is 10.0. The molecule has 0 spiro atoms. The molecule has 0 atom stereocenters. The second-order valence-electron chi connectivity index (χ2n) is 5.60. The van der Waals surface area contributed by atoms with Gasteiger partial charge in [0.1, 0.15) is 0 Å². The second kappa shape index (κ2) is 4.99. The van der Waals surface area contributed by atoms with Crippen LogP contribution in [0.1, 0.15) is 30.0 Å². The highest BCUT2D eigenvalue weighted by Gasteiger charge is 2.19. The Bertz CT molecular complexity index is 598. The van der Waals surface area contributed by atoms with E-state index < -0.39 is 0 Å². The summed E-state index contributed by atoms with van der Waals surface area (Å²) in [5.74, 6) is 0. The van der Waals surface area contributed by atoms with E-state index >= 15 is 0 Å². The van der Waals surface area contributed by atoms with Gasteiger partial charge in [0.15, 0.2) is 0 Å². The van der Waals surface area contributed by atoms with Crippen LogP contribution in [0.4, 0.5) is 0 Å². The van der Waals surface area contributed by atoms with Crippen molar-refractivity contribution in [1.29, 1.82) is 0 Å². The highest BCUT2D eigenvalue weighted by molar-refractivity contribution is 5.85. The first-order chi connectivity index (χ1) is 9.22. The van der Waals surface area contributed by atoms with E-state index in [1.807, 2.05) is 0 Å². The van der Waals surface area contributed by atoms with Gasteiger partial charge in [-0.15, -0.1) is 0 Å². The summed E-state index contributed by atoms with van der Waals surface area (Å²) in [4.78, 5) is 2.49. The minimum atomic E-state index is 0.769. The molecule has 0 bridgehead atoms. The van der Waals surface area contributed by atoms with E-state index in [4.69, 9.17) is 5.73 Å². The number of benzene rings is 1. The minimum Gasteiger partial charge on any atom is -0.350 e. The van der Waals surface area contributed by atoms with Crippen molar-refractivity contribution >= 4 is 10.9 Å². The Morgan fingerprint density at radius 2 is 1.95 bits per heavy atom. The van der Waals surface area contributed by atoms with E-state index in [0.29, 0.717) is 0 Å². The van der Waals surface area contributed by atoms with Gasteiger partial charge in [0.2, 0.25) is 0 Å².